The lowest BCUT2D eigenvalue weighted by molar-refractivity contribution is 0.388. The predicted molar refractivity (Wildman–Crippen MR) is 89.4 cm³/mol. The molecule has 0 amide bonds. The van der Waals surface area contributed by atoms with Crippen molar-refractivity contribution in [2.45, 2.75) is 13.0 Å². The summed E-state index contributed by atoms with van der Waals surface area (Å²) in [5.74, 6) is 1.21. The fraction of sp³-hybridized carbons (Fsp3) is 0.333. The first-order valence-corrected chi connectivity index (χ1v) is 8.08. The van der Waals surface area contributed by atoms with Crippen molar-refractivity contribution in [1.82, 2.24) is 5.32 Å². The van der Waals surface area contributed by atoms with Crippen molar-refractivity contribution in [2.24, 2.45) is 0 Å². The molecule has 0 aliphatic rings. The highest BCUT2D eigenvalue weighted by molar-refractivity contribution is 7.16. The summed E-state index contributed by atoms with van der Waals surface area (Å²) in [6, 6.07) is 7.69. The standard InChI is InChI=1S/C15H17Cl2NO2S/c1-4-18-14(11-7-8-12(16)21-11)9-5-6-10(19-2)13(17)15(9)20-3/h5-8,14,18H,4H2,1-3H3. The molecule has 0 aliphatic carbocycles. The van der Waals surface area contributed by atoms with E-state index in [1.54, 1.807) is 14.2 Å². The second-order valence-corrected chi connectivity index (χ2v) is 6.46. The van der Waals surface area contributed by atoms with Crippen LogP contribution < -0.4 is 14.8 Å². The number of methoxy groups -OCH3 is 2. The molecule has 2 rings (SSSR count). The second kappa shape index (κ2) is 7.36. The van der Waals surface area contributed by atoms with Gasteiger partial charge in [0.15, 0.2) is 0 Å². The second-order valence-electron chi connectivity index (χ2n) is 4.34. The van der Waals surface area contributed by atoms with Crippen molar-refractivity contribution in [1.29, 1.82) is 0 Å². The first-order chi connectivity index (χ1) is 10.1. The van der Waals surface area contributed by atoms with E-state index in [0.29, 0.717) is 16.5 Å². The van der Waals surface area contributed by atoms with Crippen LogP contribution in [0.1, 0.15) is 23.4 Å². The molecule has 1 aromatic heterocycles. The minimum absolute atomic E-state index is 0.0224. The number of nitrogens with one attached hydrogen (secondary N) is 1. The zero-order valence-corrected chi connectivity index (χ0v) is 14.4. The Balaban J connectivity index is 2.52. The maximum Gasteiger partial charge on any atom is 0.146 e. The van der Waals surface area contributed by atoms with Crippen molar-refractivity contribution in [2.75, 3.05) is 20.8 Å². The quantitative estimate of drug-likeness (QED) is 0.817. The van der Waals surface area contributed by atoms with Gasteiger partial charge < -0.3 is 14.8 Å². The Labute approximate surface area is 138 Å². The lowest BCUT2D eigenvalue weighted by atomic mass is 10.0. The normalized spacial score (nSPS) is 12.2. The Morgan fingerprint density at radius 1 is 1.14 bits per heavy atom. The molecule has 3 nitrogen and oxygen atoms in total. The molecule has 1 aromatic carbocycles. The van der Waals surface area contributed by atoms with Gasteiger partial charge in [-0.2, -0.15) is 0 Å². The number of hydrogen-bond acceptors (Lipinski definition) is 4. The van der Waals surface area contributed by atoms with Gasteiger partial charge in [0.2, 0.25) is 0 Å². The largest absolute Gasteiger partial charge is 0.495 e. The van der Waals surface area contributed by atoms with Crippen LogP contribution >= 0.6 is 34.5 Å². The molecule has 0 spiro atoms. The van der Waals surface area contributed by atoms with Gasteiger partial charge in [-0.05, 0) is 30.8 Å². The van der Waals surface area contributed by atoms with Gasteiger partial charge in [0.05, 0.1) is 24.6 Å². The summed E-state index contributed by atoms with van der Waals surface area (Å²) in [5, 5.41) is 3.92. The predicted octanol–water partition coefficient (Wildman–Crippen LogP) is 4.77. The minimum Gasteiger partial charge on any atom is -0.495 e. The highest BCUT2D eigenvalue weighted by atomic mass is 35.5. The van der Waals surface area contributed by atoms with Gasteiger partial charge in [-0.1, -0.05) is 30.1 Å². The van der Waals surface area contributed by atoms with E-state index in [0.717, 1.165) is 21.3 Å². The molecule has 0 aliphatic heterocycles. The van der Waals surface area contributed by atoms with Gasteiger partial charge in [0.25, 0.3) is 0 Å². The van der Waals surface area contributed by atoms with Crippen molar-refractivity contribution in [3.8, 4) is 11.5 Å². The van der Waals surface area contributed by atoms with Gasteiger partial charge >= 0.3 is 0 Å². The Hall–Kier alpha value is -0.940. The lowest BCUT2D eigenvalue weighted by Crippen LogP contribution is -2.21. The number of rotatable bonds is 6. The Morgan fingerprint density at radius 2 is 1.90 bits per heavy atom. The van der Waals surface area contributed by atoms with Crippen LogP contribution in [0.25, 0.3) is 0 Å². The molecule has 0 saturated carbocycles. The molecule has 1 atom stereocenters. The van der Waals surface area contributed by atoms with E-state index in [1.807, 2.05) is 24.3 Å². The lowest BCUT2D eigenvalue weighted by Gasteiger charge is -2.21. The van der Waals surface area contributed by atoms with Gasteiger partial charge in [-0.15, -0.1) is 11.3 Å². The zero-order valence-electron chi connectivity index (χ0n) is 12.1. The first-order valence-electron chi connectivity index (χ1n) is 6.51. The van der Waals surface area contributed by atoms with E-state index in [2.05, 4.69) is 12.2 Å². The molecule has 0 radical (unpaired) electrons. The maximum absolute atomic E-state index is 6.35. The van der Waals surface area contributed by atoms with Crippen LogP contribution in [0.2, 0.25) is 9.36 Å². The molecule has 1 unspecified atom stereocenters. The zero-order chi connectivity index (χ0) is 15.4. The van der Waals surface area contributed by atoms with E-state index in [4.69, 9.17) is 32.7 Å². The topological polar surface area (TPSA) is 30.5 Å². The Kier molecular flexibility index (Phi) is 5.76. The molecule has 6 heteroatoms. The monoisotopic (exact) mass is 345 g/mol. The van der Waals surface area contributed by atoms with E-state index >= 15 is 0 Å². The van der Waals surface area contributed by atoms with Crippen LogP contribution in [0, 0.1) is 0 Å². The van der Waals surface area contributed by atoms with E-state index in [9.17, 15) is 0 Å². The van der Waals surface area contributed by atoms with Crippen LogP contribution in [0.5, 0.6) is 11.5 Å². The fourth-order valence-corrected chi connectivity index (χ4v) is 3.68. The number of benzene rings is 1. The van der Waals surface area contributed by atoms with Gasteiger partial charge in [0, 0.05) is 10.4 Å². The van der Waals surface area contributed by atoms with Gasteiger partial charge in [0.1, 0.15) is 16.5 Å². The summed E-state index contributed by atoms with van der Waals surface area (Å²) in [7, 11) is 3.19. The maximum atomic E-state index is 6.35. The molecule has 114 valence electrons. The number of halogens is 2. The summed E-state index contributed by atoms with van der Waals surface area (Å²) in [4.78, 5) is 1.11. The van der Waals surface area contributed by atoms with Crippen molar-refractivity contribution in [3.63, 3.8) is 0 Å². The number of thiophene rings is 1. The van der Waals surface area contributed by atoms with Crippen molar-refractivity contribution >= 4 is 34.5 Å². The molecule has 21 heavy (non-hydrogen) atoms. The molecule has 0 saturated heterocycles. The molecule has 0 fully saturated rings. The average molecular weight is 346 g/mol. The van der Waals surface area contributed by atoms with Crippen molar-refractivity contribution in [3.05, 3.63) is 44.1 Å². The van der Waals surface area contributed by atoms with Gasteiger partial charge in [-0.25, -0.2) is 0 Å². The number of ether oxygens (including phenoxy) is 2. The third-order valence-electron chi connectivity index (χ3n) is 3.11. The van der Waals surface area contributed by atoms with Crippen LogP contribution in [-0.2, 0) is 0 Å². The third kappa shape index (κ3) is 3.46. The highest BCUT2D eigenvalue weighted by Gasteiger charge is 2.22. The summed E-state index contributed by atoms with van der Waals surface area (Å²) in [5.41, 5.74) is 0.962. The first kappa shape index (κ1) is 16.4. The SMILES string of the molecule is CCNC(c1ccc(Cl)s1)c1ccc(OC)c(Cl)c1OC. The van der Waals surface area contributed by atoms with Crippen molar-refractivity contribution < 1.29 is 9.47 Å². The Morgan fingerprint density at radius 3 is 2.43 bits per heavy atom. The summed E-state index contributed by atoms with van der Waals surface area (Å²) < 4.78 is 11.5. The highest BCUT2D eigenvalue weighted by Crippen LogP contribution is 2.42. The van der Waals surface area contributed by atoms with E-state index < -0.39 is 0 Å². The summed E-state index contributed by atoms with van der Waals surface area (Å²) in [6.07, 6.45) is 0. The summed E-state index contributed by atoms with van der Waals surface area (Å²) >= 11 is 13.9. The van der Waals surface area contributed by atoms with Crippen LogP contribution in [0.4, 0.5) is 0 Å². The molecule has 0 bridgehead atoms. The summed E-state index contributed by atoms with van der Waals surface area (Å²) in [6.45, 7) is 2.87. The van der Waals surface area contributed by atoms with Crippen LogP contribution in [0.15, 0.2) is 24.3 Å². The average Bonchev–Trinajstić information content (AvgIpc) is 2.91. The minimum atomic E-state index is -0.0224. The number of hydrogen-bond donors (Lipinski definition) is 1. The van der Waals surface area contributed by atoms with E-state index in [-0.39, 0.29) is 6.04 Å². The Bertz CT molecular complexity index is 616. The molecular formula is C15H17Cl2NO2S. The van der Waals surface area contributed by atoms with E-state index in [1.165, 1.54) is 11.3 Å². The van der Waals surface area contributed by atoms with Crippen LogP contribution in [-0.4, -0.2) is 20.8 Å². The smallest absolute Gasteiger partial charge is 0.146 e. The molecular weight excluding hydrogens is 329 g/mol. The molecule has 1 heterocycles. The third-order valence-corrected chi connectivity index (χ3v) is 4.77. The van der Waals surface area contributed by atoms with Crippen LogP contribution in [0.3, 0.4) is 0 Å². The fourth-order valence-electron chi connectivity index (χ4n) is 2.20. The molecule has 2 aromatic rings. The molecule has 1 N–H and O–H groups in total. The van der Waals surface area contributed by atoms with Gasteiger partial charge in [-0.3, -0.25) is 0 Å².